The zero-order valence-corrected chi connectivity index (χ0v) is 16.8. The van der Waals surface area contributed by atoms with Gasteiger partial charge in [0.2, 0.25) is 0 Å². The summed E-state index contributed by atoms with van der Waals surface area (Å²) < 4.78 is 0. The Morgan fingerprint density at radius 1 is 1.14 bits per heavy atom. The van der Waals surface area contributed by atoms with E-state index in [4.69, 9.17) is 0 Å². The molecule has 1 aliphatic rings. The van der Waals surface area contributed by atoms with E-state index in [1.165, 1.54) is 22.2 Å². The lowest BCUT2D eigenvalue weighted by Crippen LogP contribution is -2.35. The minimum Gasteiger partial charge on any atom is -0.508 e. The van der Waals surface area contributed by atoms with Crippen LogP contribution in [-0.2, 0) is 13.0 Å². The summed E-state index contributed by atoms with van der Waals surface area (Å²) in [4.78, 5) is 6.14. The van der Waals surface area contributed by atoms with Crippen LogP contribution < -0.4 is 0 Å². The van der Waals surface area contributed by atoms with Crippen molar-refractivity contribution in [2.45, 2.75) is 38.8 Å². The fraction of sp³-hybridized carbons (Fsp3) is 0.292. The van der Waals surface area contributed by atoms with Crippen LogP contribution in [0.2, 0.25) is 0 Å². The van der Waals surface area contributed by atoms with Gasteiger partial charge in [-0.2, -0.15) is 5.10 Å². The van der Waals surface area contributed by atoms with E-state index in [1.807, 2.05) is 12.1 Å². The lowest BCUT2D eigenvalue weighted by molar-refractivity contribution is 0.199. The highest BCUT2D eigenvalue weighted by Gasteiger charge is 2.32. The first-order valence-electron chi connectivity index (χ1n) is 10.3. The Morgan fingerprint density at radius 2 is 2.00 bits per heavy atom. The molecule has 0 radical (unpaired) electrons. The Hall–Kier alpha value is -3.05. The van der Waals surface area contributed by atoms with E-state index in [0.29, 0.717) is 11.7 Å². The molecule has 5 nitrogen and oxygen atoms in total. The minimum absolute atomic E-state index is 0.0593. The van der Waals surface area contributed by atoms with E-state index in [-0.39, 0.29) is 6.04 Å². The number of benzene rings is 2. The van der Waals surface area contributed by atoms with Gasteiger partial charge in [0.25, 0.3) is 0 Å². The third-order valence-electron chi connectivity index (χ3n) is 5.94. The maximum atomic E-state index is 10.1. The molecule has 5 heteroatoms. The van der Waals surface area contributed by atoms with Gasteiger partial charge in [0.1, 0.15) is 5.75 Å². The molecule has 0 bridgehead atoms. The number of H-pyrrole nitrogens is 2. The quantitative estimate of drug-likeness (QED) is 0.469. The molecular formula is C24H26N4O. The van der Waals surface area contributed by atoms with Gasteiger partial charge in [-0.25, -0.2) is 0 Å². The summed E-state index contributed by atoms with van der Waals surface area (Å²) >= 11 is 0. The number of aromatic nitrogens is 3. The Morgan fingerprint density at radius 3 is 2.79 bits per heavy atom. The van der Waals surface area contributed by atoms with Crippen molar-refractivity contribution in [3.8, 4) is 5.75 Å². The van der Waals surface area contributed by atoms with Crippen LogP contribution in [0.5, 0.6) is 5.75 Å². The molecule has 1 atom stereocenters. The zero-order valence-electron chi connectivity index (χ0n) is 16.8. The lowest BCUT2D eigenvalue weighted by Gasteiger charge is -2.36. The predicted octanol–water partition coefficient (Wildman–Crippen LogP) is 4.87. The molecule has 5 rings (SSSR count). The minimum atomic E-state index is 0.0593. The maximum absolute atomic E-state index is 10.1. The molecule has 2 aromatic heterocycles. The number of fused-ring (bicyclic) bond motifs is 3. The number of hydrogen-bond acceptors (Lipinski definition) is 3. The second-order valence-electron chi connectivity index (χ2n) is 8.25. The molecule has 29 heavy (non-hydrogen) atoms. The van der Waals surface area contributed by atoms with Crippen LogP contribution in [0, 0.1) is 0 Å². The van der Waals surface area contributed by atoms with Gasteiger partial charge in [-0.3, -0.25) is 10.00 Å². The van der Waals surface area contributed by atoms with Gasteiger partial charge in [-0.05, 0) is 47.7 Å². The van der Waals surface area contributed by atoms with Crippen molar-refractivity contribution in [1.29, 1.82) is 0 Å². The molecule has 0 amide bonds. The fourth-order valence-electron chi connectivity index (χ4n) is 4.51. The summed E-state index contributed by atoms with van der Waals surface area (Å²) in [6.45, 7) is 6.06. The number of para-hydroxylation sites is 1. The smallest absolute Gasteiger partial charge is 0.115 e. The van der Waals surface area contributed by atoms with Gasteiger partial charge < -0.3 is 10.1 Å². The van der Waals surface area contributed by atoms with Gasteiger partial charge in [0, 0.05) is 35.4 Å². The van der Waals surface area contributed by atoms with Gasteiger partial charge in [0.15, 0.2) is 0 Å². The Bertz CT molecular complexity index is 1160. The van der Waals surface area contributed by atoms with Crippen LogP contribution in [0.15, 0.2) is 54.6 Å². The molecule has 0 fully saturated rings. The van der Waals surface area contributed by atoms with Crippen LogP contribution >= 0.6 is 0 Å². The third-order valence-corrected chi connectivity index (χ3v) is 5.94. The topological polar surface area (TPSA) is 67.9 Å². The molecule has 0 saturated carbocycles. The van der Waals surface area contributed by atoms with Crippen molar-refractivity contribution >= 4 is 10.9 Å². The van der Waals surface area contributed by atoms with Crippen molar-refractivity contribution in [3.63, 3.8) is 0 Å². The molecule has 4 aromatic rings. The largest absolute Gasteiger partial charge is 0.508 e. The molecule has 1 unspecified atom stereocenters. The summed E-state index contributed by atoms with van der Waals surface area (Å²) in [6, 6.07) is 18.4. The Kier molecular flexibility index (Phi) is 4.40. The fourth-order valence-corrected chi connectivity index (χ4v) is 4.51. The number of nitrogens with one attached hydrogen (secondary N) is 2. The van der Waals surface area contributed by atoms with Crippen LogP contribution in [0.3, 0.4) is 0 Å². The van der Waals surface area contributed by atoms with E-state index in [9.17, 15) is 5.11 Å². The summed E-state index contributed by atoms with van der Waals surface area (Å²) in [6.07, 6.45) is 1.000. The highest BCUT2D eigenvalue weighted by Crippen LogP contribution is 2.39. The molecule has 2 aromatic carbocycles. The molecular weight excluding hydrogens is 360 g/mol. The first-order valence-corrected chi connectivity index (χ1v) is 10.3. The van der Waals surface area contributed by atoms with Crippen molar-refractivity contribution in [3.05, 3.63) is 82.8 Å². The summed E-state index contributed by atoms with van der Waals surface area (Å²) in [7, 11) is 0. The van der Waals surface area contributed by atoms with Crippen LogP contribution in [0.4, 0.5) is 0 Å². The summed E-state index contributed by atoms with van der Waals surface area (Å²) in [5.41, 5.74) is 7.11. The number of nitrogens with zero attached hydrogens (tertiary/aromatic N) is 2. The SMILES string of the molecule is CC(C)c1cc(CN2CCc3c([nH]c4ccccc34)C2c2cccc(O)c2)[nH]n1. The van der Waals surface area contributed by atoms with E-state index < -0.39 is 0 Å². The van der Waals surface area contributed by atoms with Crippen LogP contribution in [0.25, 0.3) is 10.9 Å². The van der Waals surface area contributed by atoms with Crippen LogP contribution in [-0.4, -0.2) is 31.7 Å². The number of aromatic hydroxyl groups is 1. The second-order valence-corrected chi connectivity index (χ2v) is 8.25. The average Bonchev–Trinajstić information content (AvgIpc) is 3.32. The Balaban J connectivity index is 1.58. The average molecular weight is 386 g/mol. The number of aromatic amines is 2. The number of phenols is 1. The second kappa shape index (κ2) is 7.08. The van der Waals surface area contributed by atoms with Gasteiger partial charge in [0.05, 0.1) is 11.7 Å². The molecule has 3 N–H and O–H groups in total. The van der Waals surface area contributed by atoms with Crippen molar-refractivity contribution in [2.75, 3.05) is 6.54 Å². The standard InChI is InChI=1S/C24H26N4O/c1-15(2)22-13-17(26-27-22)14-28-11-10-20-19-8-3-4-9-21(19)25-23(20)24(28)16-6-5-7-18(29)12-16/h3-9,12-13,15,24-25,29H,10-11,14H2,1-2H3,(H,26,27). The first-order chi connectivity index (χ1) is 14.1. The lowest BCUT2D eigenvalue weighted by atomic mass is 9.92. The molecule has 0 spiro atoms. The van der Waals surface area contributed by atoms with Gasteiger partial charge in [-0.15, -0.1) is 0 Å². The van der Waals surface area contributed by atoms with Crippen molar-refractivity contribution in [1.82, 2.24) is 20.1 Å². The van der Waals surface area contributed by atoms with E-state index in [1.54, 1.807) is 6.07 Å². The molecule has 1 aliphatic heterocycles. The van der Waals surface area contributed by atoms with Crippen LogP contribution in [0.1, 0.15) is 54.0 Å². The van der Waals surface area contributed by atoms with E-state index in [2.05, 4.69) is 70.3 Å². The van der Waals surface area contributed by atoms with Crippen molar-refractivity contribution in [2.24, 2.45) is 0 Å². The van der Waals surface area contributed by atoms with E-state index >= 15 is 0 Å². The highest BCUT2D eigenvalue weighted by molar-refractivity contribution is 5.85. The molecule has 3 heterocycles. The van der Waals surface area contributed by atoms with Gasteiger partial charge in [-0.1, -0.05) is 44.2 Å². The third kappa shape index (κ3) is 3.21. The maximum Gasteiger partial charge on any atom is 0.115 e. The molecule has 0 aliphatic carbocycles. The Labute approximate surface area is 170 Å². The summed E-state index contributed by atoms with van der Waals surface area (Å²) in [5.74, 6) is 0.706. The van der Waals surface area contributed by atoms with Crippen molar-refractivity contribution < 1.29 is 5.11 Å². The number of hydrogen-bond donors (Lipinski definition) is 3. The summed E-state index contributed by atoms with van der Waals surface area (Å²) in [5, 5.41) is 19.1. The first kappa shape index (κ1) is 18.0. The van der Waals surface area contributed by atoms with Gasteiger partial charge >= 0.3 is 0 Å². The number of rotatable bonds is 4. The monoisotopic (exact) mass is 386 g/mol. The number of phenolic OH excluding ortho intramolecular Hbond substituents is 1. The normalized spacial score (nSPS) is 17.1. The molecule has 148 valence electrons. The molecule has 0 saturated heterocycles. The highest BCUT2D eigenvalue weighted by atomic mass is 16.3. The predicted molar refractivity (Wildman–Crippen MR) is 115 cm³/mol. The zero-order chi connectivity index (χ0) is 20.0. The van der Waals surface area contributed by atoms with E-state index in [0.717, 1.165) is 36.5 Å².